The van der Waals surface area contributed by atoms with Crippen LogP contribution in [0.15, 0.2) is 0 Å². The third kappa shape index (κ3) is 7.17. The van der Waals surface area contributed by atoms with Crippen LogP contribution in [0.25, 0.3) is 0 Å². The summed E-state index contributed by atoms with van der Waals surface area (Å²) in [4.78, 5) is 0. The van der Waals surface area contributed by atoms with Crippen LogP contribution in [0.2, 0.25) is 0 Å². The van der Waals surface area contributed by atoms with Gasteiger partial charge in [0.05, 0.1) is 40.5 Å². The second-order valence-electron chi connectivity index (χ2n) is 5.57. The lowest BCUT2D eigenvalue weighted by atomic mass is 10.0. The Morgan fingerprint density at radius 1 is 1.25 bits per heavy atom. The lowest BCUT2D eigenvalue weighted by Crippen LogP contribution is -2.43. The molecule has 0 saturated carbocycles. The van der Waals surface area contributed by atoms with Gasteiger partial charge in [0.15, 0.2) is 0 Å². The highest BCUT2D eigenvalue weighted by atomic mass is 16.5. The van der Waals surface area contributed by atoms with Crippen LogP contribution in [0.3, 0.4) is 0 Å². The lowest BCUT2D eigenvalue weighted by Gasteiger charge is -2.28. The Bertz CT molecular complexity index is 180. The van der Waals surface area contributed by atoms with Crippen molar-refractivity contribution >= 4 is 0 Å². The molecule has 0 aliphatic heterocycles. The summed E-state index contributed by atoms with van der Waals surface area (Å²) in [7, 11) is 6.09. The Kier molecular flexibility index (Phi) is 7.15. The topological polar surface area (TPSA) is 49.7 Å². The van der Waals surface area contributed by atoms with Crippen LogP contribution in [-0.2, 0) is 4.74 Å². The second kappa shape index (κ2) is 7.22. The molecule has 4 heteroatoms. The molecule has 0 aliphatic carbocycles. The zero-order valence-electron chi connectivity index (χ0n) is 11.3. The molecular weight excluding hydrogens is 206 g/mol. The van der Waals surface area contributed by atoms with Crippen LogP contribution >= 0.6 is 0 Å². The van der Waals surface area contributed by atoms with Gasteiger partial charge in [-0.05, 0) is 5.92 Å². The molecular formula is C12H28NO3+. The van der Waals surface area contributed by atoms with Gasteiger partial charge in [-0.15, -0.1) is 0 Å². The summed E-state index contributed by atoms with van der Waals surface area (Å²) in [5.41, 5.74) is 0. The van der Waals surface area contributed by atoms with Gasteiger partial charge in [0, 0.05) is 0 Å². The zero-order valence-corrected chi connectivity index (χ0v) is 11.3. The van der Waals surface area contributed by atoms with Crippen molar-refractivity contribution in [3.05, 3.63) is 0 Å². The molecule has 0 spiro atoms. The fraction of sp³-hybridized carbons (Fsp3) is 1.00. The van der Waals surface area contributed by atoms with E-state index in [4.69, 9.17) is 9.84 Å². The number of quaternary nitrogens is 1. The average Bonchev–Trinajstić information content (AvgIpc) is 2.15. The summed E-state index contributed by atoms with van der Waals surface area (Å²) >= 11 is 0. The fourth-order valence-electron chi connectivity index (χ4n) is 1.58. The zero-order chi connectivity index (χ0) is 12.8. The number of hydrogen-bond acceptors (Lipinski definition) is 3. The molecule has 0 radical (unpaired) electrons. The summed E-state index contributed by atoms with van der Waals surface area (Å²) in [6, 6.07) is 0. The van der Waals surface area contributed by atoms with E-state index in [9.17, 15) is 5.11 Å². The number of hydrogen-bond donors (Lipinski definition) is 2. The highest BCUT2D eigenvalue weighted by molar-refractivity contribution is 4.65. The summed E-state index contributed by atoms with van der Waals surface area (Å²) in [5.74, 6) is 0.321. The number of likely N-dealkylation sites (N-methyl/N-ethyl adjacent to an activating group) is 1. The lowest BCUT2D eigenvalue weighted by molar-refractivity contribution is -0.873. The van der Waals surface area contributed by atoms with Gasteiger partial charge in [-0.3, -0.25) is 0 Å². The van der Waals surface area contributed by atoms with Crippen molar-refractivity contribution in [3.63, 3.8) is 0 Å². The van der Waals surface area contributed by atoms with Gasteiger partial charge in [-0.25, -0.2) is 0 Å². The molecule has 0 heterocycles. The first-order valence-corrected chi connectivity index (χ1v) is 6.01. The van der Waals surface area contributed by atoms with E-state index in [1.54, 1.807) is 0 Å². The monoisotopic (exact) mass is 234 g/mol. The van der Waals surface area contributed by atoms with E-state index >= 15 is 0 Å². The first-order chi connectivity index (χ1) is 7.30. The minimum absolute atomic E-state index is 0.0199. The third-order valence-corrected chi connectivity index (χ3v) is 2.72. The van der Waals surface area contributed by atoms with Crippen LogP contribution in [0.4, 0.5) is 0 Å². The maximum atomic E-state index is 9.76. The van der Waals surface area contributed by atoms with Crippen molar-refractivity contribution in [3.8, 4) is 0 Å². The molecule has 3 atom stereocenters. The SMILES string of the molecule is CCC(C)C(CO)OCC(O)C[N+](C)(C)C. The highest BCUT2D eigenvalue weighted by Gasteiger charge is 2.20. The minimum atomic E-state index is -0.474. The molecule has 0 aliphatic rings. The molecule has 0 saturated heterocycles. The number of ether oxygens (including phenoxy) is 1. The Labute approximate surface area is 99.4 Å². The van der Waals surface area contributed by atoms with Crippen molar-refractivity contribution in [2.75, 3.05) is 40.9 Å². The molecule has 98 valence electrons. The van der Waals surface area contributed by atoms with Gasteiger partial charge in [-0.2, -0.15) is 0 Å². The Morgan fingerprint density at radius 3 is 2.19 bits per heavy atom. The van der Waals surface area contributed by atoms with Crippen LogP contribution < -0.4 is 0 Å². The molecule has 0 bridgehead atoms. The van der Waals surface area contributed by atoms with Crippen LogP contribution in [-0.4, -0.2) is 67.8 Å². The predicted octanol–water partition coefficient (Wildman–Crippen LogP) is 0.477. The van der Waals surface area contributed by atoms with Gasteiger partial charge in [-0.1, -0.05) is 20.3 Å². The normalized spacial score (nSPS) is 18.2. The van der Waals surface area contributed by atoms with Crippen molar-refractivity contribution in [1.82, 2.24) is 0 Å². The summed E-state index contributed by atoms with van der Waals surface area (Å²) in [6.07, 6.45) is 0.335. The Hall–Kier alpha value is -0.160. The summed E-state index contributed by atoms with van der Waals surface area (Å²) in [6.45, 7) is 5.09. The largest absolute Gasteiger partial charge is 0.394 e. The van der Waals surface area contributed by atoms with Gasteiger partial charge in [0.25, 0.3) is 0 Å². The van der Waals surface area contributed by atoms with Gasteiger partial charge in [0.1, 0.15) is 12.6 Å². The van der Waals surface area contributed by atoms with Crippen molar-refractivity contribution in [2.24, 2.45) is 5.92 Å². The van der Waals surface area contributed by atoms with Gasteiger partial charge >= 0.3 is 0 Å². The first-order valence-electron chi connectivity index (χ1n) is 6.01. The van der Waals surface area contributed by atoms with Crippen molar-refractivity contribution in [2.45, 2.75) is 32.5 Å². The Morgan fingerprint density at radius 2 is 1.81 bits per heavy atom. The maximum absolute atomic E-state index is 9.76. The molecule has 2 N–H and O–H groups in total. The van der Waals surface area contributed by atoms with Crippen molar-refractivity contribution in [1.29, 1.82) is 0 Å². The van der Waals surface area contributed by atoms with Gasteiger partial charge < -0.3 is 19.4 Å². The average molecular weight is 234 g/mol. The van der Waals surface area contributed by atoms with E-state index in [1.807, 2.05) is 28.1 Å². The molecule has 16 heavy (non-hydrogen) atoms. The van der Waals surface area contributed by atoms with E-state index < -0.39 is 6.10 Å². The standard InChI is InChI=1S/C12H28NO3/c1-6-10(2)12(8-14)16-9-11(15)7-13(3,4)5/h10-12,14-15H,6-9H2,1-5H3/q+1. The third-order valence-electron chi connectivity index (χ3n) is 2.72. The van der Waals surface area contributed by atoms with E-state index in [0.29, 0.717) is 23.6 Å². The quantitative estimate of drug-likeness (QED) is 0.601. The molecule has 0 fully saturated rings. The van der Waals surface area contributed by atoms with Crippen molar-refractivity contribution < 1.29 is 19.4 Å². The number of nitrogens with zero attached hydrogens (tertiary/aromatic N) is 1. The first kappa shape index (κ1) is 15.8. The molecule has 0 aromatic carbocycles. The van der Waals surface area contributed by atoms with Gasteiger partial charge in [0.2, 0.25) is 0 Å². The summed E-state index contributed by atoms with van der Waals surface area (Å²) < 4.78 is 6.25. The fourth-order valence-corrected chi connectivity index (χ4v) is 1.58. The number of aliphatic hydroxyl groups is 2. The van der Waals surface area contributed by atoms with Crippen LogP contribution in [0.1, 0.15) is 20.3 Å². The van der Waals surface area contributed by atoms with E-state index in [1.165, 1.54) is 0 Å². The number of aliphatic hydroxyl groups excluding tert-OH is 2. The minimum Gasteiger partial charge on any atom is -0.394 e. The molecule has 4 nitrogen and oxygen atoms in total. The molecule has 0 aromatic rings. The smallest absolute Gasteiger partial charge is 0.126 e. The van der Waals surface area contributed by atoms with Crippen LogP contribution in [0, 0.1) is 5.92 Å². The number of rotatable bonds is 8. The highest BCUT2D eigenvalue weighted by Crippen LogP contribution is 2.11. The Balaban J connectivity index is 3.93. The maximum Gasteiger partial charge on any atom is 0.126 e. The molecule has 3 unspecified atom stereocenters. The van der Waals surface area contributed by atoms with Crippen LogP contribution in [0.5, 0.6) is 0 Å². The second-order valence-corrected chi connectivity index (χ2v) is 5.57. The molecule has 0 amide bonds. The van der Waals surface area contributed by atoms with E-state index in [2.05, 4.69) is 6.92 Å². The summed E-state index contributed by atoms with van der Waals surface area (Å²) in [5, 5.41) is 18.9. The predicted molar refractivity (Wildman–Crippen MR) is 65.2 cm³/mol. The molecule has 0 aromatic heterocycles. The molecule has 0 rings (SSSR count). The van der Waals surface area contributed by atoms with E-state index in [0.717, 1.165) is 6.42 Å². The van der Waals surface area contributed by atoms with E-state index in [-0.39, 0.29) is 12.7 Å².